The van der Waals surface area contributed by atoms with Crippen LogP contribution in [0.3, 0.4) is 0 Å². The second kappa shape index (κ2) is 2.48. The molecule has 0 radical (unpaired) electrons. The lowest BCUT2D eigenvalue weighted by molar-refractivity contribution is 0.596. The van der Waals surface area contributed by atoms with Crippen LogP contribution >= 0.6 is 11.6 Å². The molecule has 1 aliphatic rings. The summed E-state index contributed by atoms with van der Waals surface area (Å²) in [6, 6.07) is 0. The summed E-state index contributed by atoms with van der Waals surface area (Å²) in [5.74, 6) is -0.258. The molecule has 1 aliphatic heterocycles. The van der Waals surface area contributed by atoms with Gasteiger partial charge in [-0.25, -0.2) is 4.99 Å². The van der Waals surface area contributed by atoms with Crippen LogP contribution in [0.4, 0.5) is 4.39 Å². The fraction of sp³-hybridized carbons (Fsp3) is 0.500. The van der Waals surface area contributed by atoms with Crippen molar-refractivity contribution in [3.05, 3.63) is 11.0 Å². The van der Waals surface area contributed by atoms with Crippen LogP contribution in [-0.2, 0) is 0 Å². The molecule has 1 heterocycles. The van der Waals surface area contributed by atoms with Crippen LogP contribution < -0.4 is 0 Å². The SMILES string of the molecule is CC1C=NC(F)=C(Cl)C1. The van der Waals surface area contributed by atoms with E-state index in [0.717, 1.165) is 0 Å². The Morgan fingerprint density at radius 1 is 1.89 bits per heavy atom. The van der Waals surface area contributed by atoms with Crippen molar-refractivity contribution >= 4 is 17.8 Å². The zero-order valence-electron chi connectivity index (χ0n) is 5.06. The highest BCUT2D eigenvalue weighted by atomic mass is 35.5. The highest BCUT2D eigenvalue weighted by Crippen LogP contribution is 2.23. The van der Waals surface area contributed by atoms with Crippen LogP contribution in [0.5, 0.6) is 0 Å². The van der Waals surface area contributed by atoms with Gasteiger partial charge < -0.3 is 0 Å². The van der Waals surface area contributed by atoms with Gasteiger partial charge in [0.2, 0.25) is 5.95 Å². The Kier molecular flexibility index (Phi) is 1.86. The van der Waals surface area contributed by atoms with Crippen LogP contribution in [0.15, 0.2) is 16.0 Å². The van der Waals surface area contributed by atoms with Gasteiger partial charge in [-0.15, -0.1) is 0 Å². The third kappa shape index (κ3) is 1.52. The highest BCUT2D eigenvalue weighted by Gasteiger charge is 2.11. The largest absolute Gasteiger partial charge is 0.231 e. The average molecular weight is 148 g/mol. The molecule has 0 aliphatic carbocycles. The summed E-state index contributed by atoms with van der Waals surface area (Å²) in [4.78, 5) is 3.45. The number of hydrogen-bond acceptors (Lipinski definition) is 1. The number of aliphatic imine (C=N–C) groups is 1. The normalized spacial score (nSPS) is 27.2. The number of hydrogen-bond donors (Lipinski definition) is 0. The van der Waals surface area contributed by atoms with Crippen LogP contribution in [0, 0.1) is 5.92 Å². The Hall–Kier alpha value is -0.370. The van der Waals surface area contributed by atoms with Crippen molar-refractivity contribution in [2.24, 2.45) is 10.9 Å². The molecule has 0 aromatic heterocycles. The van der Waals surface area contributed by atoms with Crippen LogP contribution in [0.1, 0.15) is 13.3 Å². The maximum absolute atomic E-state index is 12.3. The molecule has 0 aromatic rings. The highest BCUT2D eigenvalue weighted by molar-refractivity contribution is 6.30. The molecule has 0 saturated heterocycles. The molecule has 1 atom stereocenters. The molecular formula is C6H7ClFN. The molecule has 50 valence electrons. The van der Waals surface area contributed by atoms with E-state index in [1.165, 1.54) is 0 Å². The molecule has 0 fully saturated rings. The maximum atomic E-state index is 12.3. The minimum Gasteiger partial charge on any atom is -0.231 e. The zero-order valence-corrected chi connectivity index (χ0v) is 5.82. The average Bonchev–Trinajstić information content (AvgIpc) is 1.80. The first-order valence-corrected chi connectivity index (χ1v) is 3.16. The Labute approximate surface area is 58.2 Å². The van der Waals surface area contributed by atoms with Gasteiger partial charge in [-0.3, -0.25) is 0 Å². The molecule has 1 nitrogen and oxygen atoms in total. The van der Waals surface area contributed by atoms with Crippen LogP contribution in [0.25, 0.3) is 0 Å². The summed E-state index contributed by atoms with van der Waals surface area (Å²) >= 11 is 5.45. The monoisotopic (exact) mass is 147 g/mol. The third-order valence-corrected chi connectivity index (χ3v) is 1.48. The summed E-state index contributed by atoms with van der Waals surface area (Å²) in [6.45, 7) is 1.94. The molecule has 0 amide bonds. The van der Waals surface area contributed by atoms with Crippen LogP contribution in [0.2, 0.25) is 0 Å². The second-order valence-corrected chi connectivity index (χ2v) is 2.61. The Morgan fingerprint density at radius 2 is 2.56 bits per heavy atom. The summed E-state index contributed by atoms with van der Waals surface area (Å²) < 4.78 is 12.3. The minimum atomic E-state index is -0.533. The van der Waals surface area contributed by atoms with Crippen molar-refractivity contribution in [2.45, 2.75) is 13.3 Å². The zero-order chi connectivity index (χ0) is 6.85. The quantitative estimate of drug-likeness (QED) is 0.467. The molecular weight excluding hydrogens is 141 g/mol. The van der Waals surface area contributed by atoms with Gasteiger partial charge in [0.05, 0.1) is 5.03 Å². The van der Waals surface area contributed by atoms with Gasteiger partial charge in [0, 0.05) is 6.21 Å². The molecule has 1 unspecified atom stereocenters. The van der Waals surface area contributed by atoms with E-state index in [0.29, 0.717) is 6.42 Å². The summed E-state index contributed by atoms with van der Waals surface area (Å²) in [6.07, 6.45) is 2.15. The predicted octanol–water partition coefficient (Wildman–Crippen LogP) is 2.47. The predicted molar refractivity (Wildman–Crippen MR) is 36.3 cm³/mol. The van der Waals surface area contributed by atoms with E-state index in [1.807, 2.05) is 6.92 Å². The van der Waals surface area contributed by atoms with Crippen molar-refractivity contribution in [1.29, 1.82) is 0 Å². The van der Waals surface area contributed by atoms with E-state index in [-0.39, 0.29) is 11.0 Å². The molecule has 0 aromatic carbocycles. The van der Waals surface area contributed by atoms with Gasteiger partial charge in [0.15, 0.2) is 0 Å². The van der Waals surface area contributed by atoms with Crippen molar-refractivity contribution in [3.63, 3.8) is 0 Å². The Morgan fingerprint density at radius 3 is 3.00 bits per heavy atom. The number of nitrogens with zero attached hydrogens (tertiary/aromatic N) is 1. The lowest BCUT2D eigenvalue weighted by atomic mass is 10.1. The smallest absolute Gasteiger partial charge is 0.227 e. The van der Waals surface area contributed by atoms with E-state index in [2.05, 4.69) is 4.99 Å². The minimum absolute atomic E-state index is 0.241. The van der Waals surface area contributed by atoms with E-state index in [9.17, 15) is 4.39 Å². The molecule has 0 N–H and O–H groups in total. The fourth-order valence-corrected chi connectivity index (χ4v) is 0.975. The summed E-state index contributed by atoms with van der Waals surface area (Å²) in [7, 11) is 0. The third-order valence-electron chi connectivity index (χ3n) is 1.17. The molecule has 1 rings (SSSR count). The Bertz CT molecular complexity index is 174. The van der Waals surface area contributed by atoms with Crippen molar-refractivity contribution < 1.29 is 4.39 Å². The number of rotatable bonds is 0. The first-order chi connectivity index (χ1) is 4.20. The van der Waals surface area contributed by atoms with Crippen molar-refractivity contribution in [1.82, 2.24) is 0 Å². The second-order valence-electron chi connectivity index (χ2n) is 2.16. The van der Waals surface area contributed by atoms with E-state index in [1.54, 1.807) is 6.21 Å². The first-order valence-electron chi connectivity index (χ1n) is 2.78. The molecule has 9 heavy (non-hydrogen) atoms. The fourth-order valence-electron chi connectivity index (χ4n) is 0.682. The van der Waals surface area contributed by atoms with E-state index >= 15 is 0 Å². The molecule has 0 spiro atoms. The van der Waals surface area contributed by atoms with Gasteiger partial charge in [0.25, 0.3) is 0 Å². The lowest BCUT2D eigenvalue weighted by Crippen LogP contribution is -2.01. The van der Waals surface area contributed by atoms with Gasteiger partial charge in [-0.1, -0.05) is 18.5 Å². The van der Waals surface area contributed by atoms with Gasteiger partial charge in [-0.2, -0.15) is 4.39 Å². The van der Waals surface area contributed by atoms with E-state index < -0.39 is 5.95 Å². The first kappa shape index (κ1) is 6.75. The van der Waals surface area contributed by atoms with Gasteiger partial charge in [0.1, 0.15) is 0 Å². The summed E-state index contributed by atoms with van der Waals surface area (Å²) in [5.41, 5.74) is 0. The van der Waals surface area contributed by atoms with Crippen molar-refractivity contribution in [3.8, 4) is 0 Å². The van der Waals surface area contributed by atoms with Crippen molar-refractivity contribution in [2.75, 3.05) is 0 Å². The molecule has 0 saturated carbocycles. The van der Waals surface area contributed by atoms with Gasteiger partial charge >= 0.3 is 0 Å². The van der Waals surface area contributed by atoms with Crippen LogP contribution in [-0.4, -0.2) is 6.21 Å². The standard InChI is InChI=1S/C6H7ClFN/c1-4-2-5(7)6(8)9-3-4/h3-4H,2H2,1H3. The maximum Gasteiger partial charge on any atom is 0.227 e. The lowest BCUT2D eigenvalue weighted by Gasteiger charge is -2.08. The number of allylic oxidation sites excluding steroid dienone is 1. The Balaban J connectivity index is 2.75. The van der Waals surface area contributed by atoms with E-state index in [4.69, 9.17) is 11.6 Å². The number of halogens is 2. The van der Waals surface area contributed by atoms with Gasteiger partial charge in [-0.05, 0) is 12.3 Å². The summed E-state index contributed by atoms with van der Waals surface area (Å²) in [5, 5.41) is 0.241. The molecule has 0 bridgehead atoms. The topological polar surface area (TPSA) is 12.4 Å². The molecule has 3 heteroatoms.